The molecule has 1 heterocycles. The molecule has 1 fully saturated rings. The lowest BCUT2D eigenvalue weighted by atomic mass is 10.1. The molecule has 6 heteroatoms. The molecule has 0 spiro atoms. The lowest BCUT2D eigenvalue weighted by Gasteiger charge is -2.14. The average Bonchev–Trinajstić information content (AvgIpc) is 2.82. The van der Waals surface area contributed by atoms with E-state index in [0.29, 0.717) is 46.4 Å². The zero-order chi connectivity index (χ0) is 18.4. The number of ether oxygens (including phenoxy) is 2. The number of rotatable bonds is 8. The third-order valence-corrected chi connectivity index (χ3v) is 4.70. The van der Waals surface area contributed by atoms with Crippen LogP contribution >= 0.6 is 24.0 Å². The first-order valence-electron chi connectivity index (χ1n) is 8.22. The minimum absolute atomic E-state index is 0.0898. The highest BCUT2D eigenvalue weighted by molar-refractivity contribution is 8.26. The Morgan fingerprint density at radius 2 is 2.08 bits per heavy atom. The summed E-state index contributed by atoms with van der Waals surface area (Å²) in [4.78, 5) is 14.6. The van der Waals surface area contributed by atoms with Crippen molar-refractivity contribution in [2.75, 3.05) is 19.8 Å². The van der Waals surface area contributed by atoms with Crippen molar-refractivity contribution in [3.8, 4) is 11.5 Å². The van der Waals surface area contributed by atoms with E-state index in [9.17, 15) is 4.79 Å². The molecule has 4 nitrogen and oxygen atoms in total. The van der Waals surface area contributed by atoms with Crippen molar-refractivity contribution in [1.82, 2.24) is 4.90 Å². The fourth-order valence-electron chi connectivity index (χ4n) is 2.20. The first-order valence-corrected chi connectivity index (χ1v) is 9.44. The number of thioether (sulfide) groups is 1. The van der Waals surface area contributed by atoms with Gasteiger partial charge in [-0.1, -0.05) is 50.0 Å². The maximum absolute atomic E-state index is 12.4. The number of hydrogen-bond donors (Lipinski definition) is 0. The molecule has 1 aliphatic rings. The highest BCUT2D eigenvalue weighted by Gasteiger charge is 2.30. The molecule has 25 heavy (non-hydrogen) atoms. The minimum atomic E-state index is -0.0898. The van der Waals surface area contributed by atoms with E-state index in [4.69, 9.17) is 21.7 Å². The Morgan fingerprint density at radius 1 is 1.32 bits per heavy atom. The number of carbonyl (C=O) groups is 1. The molecule has 0 aromatic heterocycles. The maximum Gasteiger partial charge on any atom is 0.266 e. The summed E-state index contributed by atoms with van der Waals surface area (Å²) in [6.07, 6.45) is 3.50. The molecule has 2 rings (SSSR count). The molecule has 134 valence electrons. The Bertz CT molecular complexity index is 698. The van der Waals surface area contributed by atoms with Gasteiger partial charge in [0.15, 0.2) is 11.5 Å². The molecule has 0 unspecified atom stereocenters. The normalized spacial score (nSPS) is 16.0. The van der Waals surface area contributed by atoms with E-state index in [-0.39, 0.29) is 5.91 Å². The molecule has 0 aliphatic carbocycles. The quantitative estimate of drug-likeness (QED) is 0.379. The number of thiocarbonyl (C=S) groups is 1. The van der Waals surface area contributed by atoms with E-state index in [0.717, 1.165) is 5.56 Å². The van der Waals surface area contributed by atoms with Gasteiger partial charge in [-0.25, -0.2) is 0 Å². The van der Waals surface area contributed by atoms with Gasteiger partial charge in [0, 0.05) is 6.54 Å². The lowest BCUT2D eigenvalue weighted by Crippen LogP contribution is -2.27. The van der Waals surface area contributed by atoms with Crippen LogP contribution in [0.25, 0.3) is 6.08 Å². The van der Waals surface area contributed by atoms with E-state index in [2.05, 4.69) is 20.4 Å². The molecule has 0 bridgehead atoms. The van der Waals surface area contributed by atoms with E-state index in [1.165, 1.54) is 11.8 Å². The standard InChI is InChI=1S/C19H23NO3S2/c1-5-9-20-18(21)17(25-19(20)24)11-14-7-8-15(23-12-13(3)4)16(10-14)22-6-2/h5,7-8,10-11,13H,1,6,9,12H2,2-4H3/b17-11+. The molecule has 1 amide bonds. The predicted octanol–water partition coefficient (Wildman–Crippen LogP) is 4.51. The third kappa shape index (κ3) is 5.09. The van der Waals surface area contributed by atoms with E-state index >= 15 is 0 Å². The van der Waals surface area contributed by atoms with Gasteiger partial charge in [0.25, 0.3) is 5.91 Å². The summed E-state index contributed by atoms with van der Waals surface area (Å²) in [6.45, 7) is 11.4. The van der Waals surface area contributed by atoms with Crippen molar-refractivity contribution in [2.24, 2.45) is 5.92 Å². The van der Waals surface area contributed by atoms with Gasteiger partial charge in [-0.05, 0) is 36.6 Å². The van der Waals surface area contributed by atoms with Crippen LogP contribution in [-0.2, 0) is 4.79 Å². The molecule has 1 aromatic carbocycles. The van der Waals surface area contributed by atoms with Crippen LogP contribution < -0.4 is 9.47 Å². The Balaban J connectivity index is 2.24. The number of hydrogen-bond acceptors (Lipinski definition) is 5. The van der Waals surface area contributed by atoms with Gasteiger partial charge in [-0.3, -0.25) is 9.69 Å². The number of amides is 1. The first-order chi connectivity index (χ1) is 12.0. The zero-order valence-electron chi connectivity index (χ0n) is 14.8. The summed E-state index contributed by atoms with van der Waals surface area (Å²) in [5.41, 5.74) is 0.874. The molecule has 1 aliphatic heterocycles. The SMILES string of the molecule is C=CCN1C(=O)/C(=C\c2ccc(OCC(C)C)c(OCC)c2)SC1=S. The second kappa shape index (κ2) is 9.06. The number of benzene rings is 1. The molecular formula is C19H23NO3S2. The highest BCUT2D eigenvalue weighted by Crippen LogP contribution is 2.34. The number of nitrogens with zero attached hydrogens (tertiary/aromatic N) is 1. The smallest absolute Gasteiger partial charge is 0.266 e. The van der Waals surface area contributed by atoms with E-state index in [1.54, 1.807) is 11.0 Å². The van der Waals surface area contributed by atoms with Crippen LogP contribution in [0.5, 0.6) is 11.5 Å². The number of carbonyl (C=O) groups excluding carboxylic acids is 1. The molecule has 0 atom stereocenters. The minimum Gasteiger partial charge on any atom is -0.490 e. The van der Waals surface area contributed by atoms with Gasteiger partial charge >= 0.3 is 0 Å². The molecule has 1 saturated heterocycles. The summed E-state index contributed by atoms with van der Waals surface area (Å²) in [5, 5.41) is 0. The fraction of sp³-hybridized carbons (Fsp3) is 0.368. The molecule has 1 aromatic rings. The monoisotopic (exact) mass is 377 g/mol. The zero-order valence-corrected chi connectivity index (χ0v) is 16.4. The van der Waals surface area contributed by atoms with Crippen molar-refractivity contribution >= 4 is 40.3 Å². The Hall–Kier alpha value is -1.79. The second-order valence-electron chi connectivity index (χ2n) is 5.93. The van der Waals surface area contributed by atoms with Crippen molar-refractivity contribution in [3.63, 3.8) is 0 Å². The Kier molecular flexibility index (Phi) is 7.08. The van der Waals surface area contributed by atoms with Crippen molar-refractivity contribution in [1.29, 1.82) is 0 Å². The summed E-state index contributed by atoms with van der Waals surface area (Å²) in [7, 11) is 0. The van der Waals surface area contributed by atoms with Crippen LogP contribution in [-0.4, -0.2) is 34.9 Å². The summed E-state index contributed by atoms with van der Waals surface area (Å²) in [6, 6.07) is 5.68. The van der Waals surface area contributed by atoms with Crippen LogP contribution in [0, 0.1) is 5.92 Å². The van der Waals surface area contributed by atoms with Gasteiger partial charge in [0.2, 0.25) is 0 Å². The van der Waals surface area contributed by atoms with Crippen molar-refractivity contribution in [3.05, 3.63) is 41.3 Å². The van der Waals surface area contributed by atoms with Crippen LogP contribution in [0.2, 0.25) is 0 Å². The van der Waals surface area contributed by atoms with Gasteiger partial charge in [-0.2, -0.15) is 0 Å². The fourth-order valence-corrected chi connectivity index (χ4v) is 3.47. The van der Waals surface area contributed by atoms with Crippen LogP contribution in [0.4, 0.5) is 0 Å². The summed E-state index contributed by atoms with van der Waals surface area (Å²) in [5.74, 6) is 1.74. The molecule has 0 saturated carbocycles. The Morgan fingerprint density at radius 3 is 2.72 bits per heavy atom. The van der Waals surface area contributed by atoms with E-state index < -0.39 is 0 Å². The highest BCUT2D eigenvalue weighted by atomic mass is 32.2. The molecule has 0 radical (unpaired) electrons. The topological polar surface area (TPSA) is 38.8 Å². The van der Waals surface area contributed by atoms with Gasteiger partial charge in [-0.15, -0.1) is 6.58 Å². The largest absolute Gasteiger partial charge is 0.490 e. The third-order valence-electron chi connectivity index (χ3n) is 3.32. The van der Waals surface area contributed by atoms with Crippen molar-refractivity contribution < 1.29 is 14.3 Å². The Labute approximate surface area is 158 Å². The van der Waals surface area contributed by atoms with Crippen LogP contribution in [0.1, 0.15) is 26.3 Å². The summed E-state index contributed by atoms with van der Waals surface area (Å²) < 4.78 is 12.0. The average molecular weight is 378 g/mol. The second-order valence-corrected chi connectivity index (χ2v) is 7.60. The van der Waals surface area contributed by atoms with E-state index in [1.807, 2.05) is 31.2 Å². The van der Waals surface area contributed by atoms with Gasteiger partial charge in [0.05, 0.1) is 18.1 Å². The van der Waals surface area contributed by atoms with Gasteiger partial charge in [0.1, 0.15) is 4.32 Å². The van der Waals surface area contributed by atoms with Crippen molar-refractivity contribution in [2.45, 2.75) is 20.8 Å². The molecular weight excluding hydrogens is 354 g/mol. The van der Waals surface area contributed by atoms with Crippen LogP contribution in [0.3, 0.4) is 0 Å². The lowest BCUT2D eigenvalue weighted by molar-refractivity contribution is -0.121. The first kappa shape index (κ1) is 19.5. The van der Waals surface area contributed by atoms with Gasteiger partial charge < -0.3 is 9.47 Å². The van der Waals surface area contributed by atoms with Crippen LogP contribution in [0.15, 0.2) is 35.8 Å². The maximum atomic E-state index is 12.4. The predicted molar refractivity (Wildman–Crippen MR) is 108 cm³/mol. The molecule has 0 N–H and O–H groups in total. The summed E-state index contributed by atoms with van der Waals surface area (Å²) >= 11 is 6.56.